The van der Waals surface area contributed by atoms with E-state index in [9.17, 15) is 34.9 Å². The topological polar surface area (TPSA) is 59.2 Å². The number of anilines is 1. The van der Waals surface area contributed by atoms with Gasteiger partial charge in [-0.15, -0.1) is 10.2 Å². The van der Waals surface area contributed by atoms with E-state index in [1.807, 2.05) is 0 Å². The normalized spacial score (nSPS) is 17.1. The highest BCUT2D eigenvalue weighted by Crippen LogP contribution is 2.48. The van der Waals surface area contributed by atoms with Crippen LogP contribution < -0.4 is 4.31 Å². The average molecular weight is 547 g/mol. The van der Waals surface area contributed by atoms with E-state index < -0.39 is 46.7 Å². The number of nitrogens with zero attached hydrogens (tertiary/aromatic N) is 3. The summed E-state index contributed by atoms with van der Waals surface area (Å²) < 4.78 is 114. The van der Waals surface area contributed by atoms with Gasteiger partial charge in [0.15, 0.2) is 16.9 Å². The first-order valence-electron chi connectivity index (χ1n) is 11.0. The molecule has 0 spiro atoms. The summed E-state index contributed by atoms with van der Waals surface area (Å²) in [7, 11) is -1.98. The van der Waals surface area contributed by atoms with Crippen LogP contribution in [-0.4, -0.2) is 32.8 Å². The number of allylic oxidation sites excluding steroid dienone is 1. The first-order valence-corrected chi connectivity index (χ1v) is 12.1. The Labute approximate surface area is 209 Å². The monoisotopic (exact) mass is 547 g/mol. The Bertz CT molecular complexity index is 1310. The van der Waals surface area contributed by atoms with Gasteiger partial charge in [-0.1, -0.05) is 18.7 Å². The summed E-state index contributed by atoms with van der Waals surface area (Å²) in [6.07, 6.45) is -10.6. The van der Waals surface area contributed by atoms with Crippen LogP contribution >= 0.6 is 0 Å². The first-order chi connectivity index (χ1) is 17.3. The van der Waals surface area contributed by atoms with Gasteiger partial charge in [-0.3, -0.25) is 4.31 Å². The lowest BCUT2D eigenvalue weighted by atomic mass is 9.90. The van der Waals surface area contributed by atoms with Gasteiger partial charge in [0, 0.05) is 12.0 Å². The van der Waals surface area contributed by atoms with E-state index in [1.54, 1.807) is 6.92 Å². The molecule has 198 valence electrons. The quantitative estimate of drug-likeness (QED) is 0.329. The largest absolute Gasteiger partial charge is 0.421 e. The van der Waals surface area contributed by atoms with Crippen LogP contribution in [0.1, 0.15) is 42.2 Å². The first kappa shape index (κ1) is 26.8. The summed E-state index contributed by atoms with van der Waals surface area (Å²) >= 11 is 0. The average Bonchev–Trinajstić information content (AvgIpc) is 3.26. The highest BCUT2D eigenvalue weighted by atomic mass is 32.2. The van der Waals surface area contributed by atoms with Crippen molar-refractivity contribution >= 4 is 22.2 Å². The highest BCUT2D eigenvalue weighted by molar-refractivity contribution is 7.86. The summed E-state index contributed by atoms with van der Waals surface area (Å²) in [6.45, 7) is 5.38. The molecule has 37 heavy (non-hydrogen) atoms. The zero-order chi connectivity index (χ0) is 27.1. The van der Waals surface area contributed by atoms with Crippen molar-refractivity contribution in [2.45, 2.75) is 55.4 Å². The maximum atomic E-state index is 13.6. The maximum Gasteiger partial charge on any atom is 0.404 e. The molecule has 13 heteroatoms. The second-order valence-corrected chi connectivity index (χ2v) is 9.97. The Kier molecular flexibility index (Phi) is 7.19. The Hall–Kier alpha value is -3.22. The molecular weight excluding hydrogens is 527 g/mol. The molecule has 0 amide bonds. The van der Waals surface area contributed by atoms with Crippen molar-refractivity contribution in [1.82, 2.24) is 10.2 Å². The van der Waals surface area contributed by atoms with Crippen molar-refractivity contribution in [3.63, 3.8) is 0 Å². The summed E-state index contributed by atoms with van der Waals surface area (Å²) in [5, 5.41) is 7.83. The molecular formula is C24H20F7N3O2S. The number of rotatable bonds is 6. The predicted molar refractivity (Wildman–Crippen MR) is 121 cm³/mol. The zero-order valence-electron chi connectivity index (χ0n) is 19.2. The number of benzene rings is 2. The molecule has 0 N–H and O–H groups in total. The third-order valence-electron chi connectivity index (χ3n) is 5.84. The van der Waals surface area contributed by atoms with Crippen LogP contribution in [0, 0.1) is 5.82 Å². The summed E-state index contributed by atoms with van der Waals surface area (Å²) in [5.74, 6) is -3.83. The van der Waals surface area contributed by atoms with Crippen LogP contribution in [0.5, 0.6) is 0 Å². The van der Waals surface area contributed by atoms with E-state index in [1.165, 1.54) is 16.4 Å². The molecule has 2 aromatic carbocycles. The van der Waals surface area contributed by atoms with Crippen LogP contribution in [0.2, 0.25) is 0 Å². The number of alkyl halides is 6. The Morgan fingerprint density at radius 1 is 1.11 bits per heavy atom. The van der Waals surface area contributed by atoms with Gasteiger partial charge in [-0.05, 0) is 61.2 Å². The van der Waals surface area contributed by atoms with E-state index in [0.29, 0.717) is 5.57 Å². The Morgan fingerprint density at radius 2 is 1.76 bits per heavy atom. The Balaban J connectivity index is 1.76. The molecule has 1 aromatic heterocycles. The van der Waals surface area contributed by atoms with Gasteiger partial charge >= 0.3 is 12.4 Å². The summed E-state index contributed by atoms with van der Waals surface area (Å²) in [5.41, 5.74) is -0.0510. The van der Waals surface area contributed by atoms with Crippen molar-refractivity contribution in [3.05, 3.63) is 77.8 Å². The van der Waals surface area contributed by atoms with E-state index >= 15 is 0 Å². The molecule has 2 heterocycles. The molecule has 4 rings (SSSR count). The number of aryl methyl sites for hydroxylation is 1. The number of hydrogen-bond donors (Lipinski definition) is 0. The molecule has 0 saturated heterocycles. The number of fused-ring (bicyclic) bond motifs is 1. The van der Waals surface area contributed by atoms with E-state index in [2.05, 4.69) is 16.8 Å². The fraction of sp³-hybridized carbons (Fsp3) is 0.333. The van der Waals surface area contributed by atoms with Gasteiger partial charge in [-0.2, -0.15) is 26.3 Å². The Morgan fingerprint density at radius 3 is 2.32 bits per heavy atom. The van der Waals surface area contributed by atoms with Crippen molar-refractivity contribution in [2.24, 2.45) is 0 Å². The summed E-state index contributed by atoms with van der Waals surface area (Å²) in [4.78, 5) is 0.194. The smallest absolute Gasteiger partial charge is 0.404 e. The zero-order valence-corrected chi connectivity index (χ0v) is 20.1. The van der Waals surface area contributed by atoms with Crippen molar-refractivity contribution in [2.75, 3.05) is 4.31 Å². The van der Waals surface area contributed by atoms with Crippen LogP contribution in [-0.2, 0) is 23.8 Å². The fourth-order valence-electron chi connectivity index (χ4n) is 4.18. The van der Waals surface area contributed by atoms with Gasteiger partial charge < -0.3 is 4.42 Å². The predicted octanol–water partition coefficient (Wildman–Crippen LogP) is 6.54. The van der Waals surface area contributed by atoms with Crippen molar-refractivity contribution in [3.8, 4) is 0 Å². The minimum Gasteiger partial charge on any atom is -0.421 e. The molecule has 0 bridgehead atoms. The van der Waals surface area contributed by atoms with Crippen molar-refractivity contribution < 1.29 is 39.4 Å². The minimum atomic E-state index is -5.54. The number of halogens is 7. The molecule has 0 fully saturated rings. The van der Waals surface area contributed by atoms with Crippen molar-refractivity contribution in [1.29, 1.82) is 0 Å². The van der Waals surface area contributed by atoms with E-state index in [-0.39, 0.29) is 47.2 Å². The molecule has 0 radical (unpaired) electrons. The third kappa shape index (κ3) is 5.71. The second-order valence-electron chi connectivity index (χ2n) is 8.61. The van der Waals surface area contributed by atoms with Crippen LogP contribution in [0.25, 0.3) is 5.57 Å². The van der Waals surface area contributed by atoms with Gasteiger partial charge in [0.2, 0.25) is 11.8 Å². The third-order valence-corrected chi connectivity index (χ3v) is 7.37. The second kappa shape index (κ2) is 9.92. The summed E-state index contributed by atoms with van der Waals surface area (Å²) in [6, 6.07) is 6.93. The van der Waals surface area contributed by atoms with Crippen LogP contribution in [0.4, 0.5) is 36.4 Å². The lowest BCUT2D eigenvalue weighted by Crippen LogP contribution is -2.42. The molecule has 2 atom stereocenters. The van der Waals surface area contributed by atoms with Crippen LogP contribution in [0.15, 0.2) is 58.4 Å². The maximum absolute atomic E-state index is 13.6. The molecule has 1 aliphatic heterocycles. The molecule has 0 aliphatic carbocycles. The molecule has 1 aliphatic rings. The number of aromatic nitrogens is 2. The van der Waals surface area contributed by atoms with E-state index in [4.69, 9.17) is 4.42 Å². The standard InChI is InChI=1S/C24H20F7N3O2S/c1-13(2)22-33-32-20(36-22)12-17-7-3-14-11-15(21(23(26,27)28)24(29,30)31)4-10-19(14)34(17)37(35)18-8-5-16(25)6-9-18/h4-6,8-11,17,21H,1,3,7,12H2,2H3/t17-,37?/m0/s1. The van der Waals surface area contributed by atoms with Crippen LogP contribution in [0.3, 0.4) is 0 Å². The fourth-order valence-corrected chi connectivity index (χ4v) is 5.59. The lowest BCUT2D eigenvalue weighted by molar-refractivity contribution is -0.253. The number of hydrogen-bond acceptors (Lipinski definition) is 4. The SMILES string of the molecule is C=C(C)c1nnc(C[C@@H]2CCc3cc(C(C(F)(F)F)C(F)(F)F)ccc3N2S(=O)c2ccc(F)cc2)o1. The molecule has 1 unspecified atom stereocenters. The lowest BCUT2D eigenvalue weighted by Gasteiger charge is -2.37. The molecule has 0 saturated carbocycles. The minimum absolute atomic E-state index is 0.0993. The molecule has 5 nitrogen and oxygen atoms in total. The van der Waals surface area contributed by atoms with Gasteiger partial charge in [-0.25, -0.2) is 8.60 Å². The molecule has 3 aromatic rings. The van der Waals surface area contributed by atoms with Gasteiger partial charge in [0.25, 0.3) is 0 Å². The van der Waals surface area contributed by atoms with Gasteiger partial charge in [0.1, 0.15) is 5.82 Å². The van der Waals surface area contributed by atoms with Gasteiger partial charge in [0.05, 0.1) is 16.6 Å². The highest BCUT2D eigenvalue weighted by Gasteiger charge is 2.57. The van der Waals surface area contributed by atoms with E-state index in [0.717, 1.165) is 30.3 Å².